The van der Waals surface area contributed by atoms with Gasteiger partial charge >= 0.3 is 5.63 Å². The van der Waals surface area contributed by atoms with Gasteiger partial charge in [0.25, 0.3) is 0 Å². The third-order valence-electron chi connectivity index (χ3n) is 5.46. The predicted octanol–water partition coefficient (Wildman–Crippen LogP) is 3.35. The van der Waals surface area contributed by atoms with E-state index in [1.54, 1.807) is 20.3 Å². The minimum absolute atomic E-state index is 0. The van der Waals surface area contributed by atoms with Crippen LogP contribution in [0.3, 0.4) is 0 Å². The minimum Gasteiger partial charge on any atom is -0.493 e. The Balaban J connectivity index is 0.00000196. The molecular formula is C20H30Cl2N2O4. The van der Waals surface area contributed by atoms with Crippen LogP contribution in [0.25, 0.3) is 11.0 Å². The van der Waals surface area contributed by atoms with E-state index in [0.29, 0.717) is 29.7 Å². The molecule has 0 saturated carbocycles. The summed E-state index contributed by atoms with van der Waals surface area (Å²) in [5.41, 5.74) is 2.15. The van der Waals surface area contributed by atoms with Crippen molar-refractivity contribution in [1.82, 2.24) is 9.80 Å². The van der Waals surface area contributed by atoms with Gasteiger partial charge in [0.05, 0.1) is 19.8 Å². The molecule has 1 aliphatic rings. The molecule has 1 aliphatic heterocycles. The molecule has 3 rings (SSSR count). The first kappa shape index (κ1) is 24.6. The molecule has 0 amide bonds. The monoisotopic (exact) mass is 432 g/mol. The zero-order chi connectivity index (χ0) is 18.8. The smallest absolute Gasteiger partial charge is 0.341 e. The lowest BCUT2D eigenvalue weighted by Gasteiger charge is -2.33. The maximum Gasteiger partial charge on any atom is 0.341 e. The lowest BCUT2D eigenvalue weighted by Crippen LogP contribution is -2.43. The molecule has 1 atom stereocenters. The molecule has 8 heteroatoms. The fraction of sp³-hybridized carbons (Fsp3) is 0.550. The normalized spacial score (nSPS) is 14.8. The quantitative estimate of drug-likeness (QED) is 0.652. The van der Waals surface area contributed by atoms with E-state index < -0.39 is 0 Å². The highest BCUT2D eigenvalue weighted by Gasteiger charge is 2.25. The Morgan fingerprint density at radius 1 is 1.18 bits per heavy atom. The fourth-order valence-corrected chi connectivity index (χ4v) is 3.63. The van der Waals surface area contributed by atoms with Gasteiger partial charge in [-0.05, 0) is 38.6 Å². The number of halogens is 2. The maximum atomic E-state index is 12.6. The number of likely N-dealkylation sites (N-methyl/N-ethyl adjacent to an activating group) is 1. The van der Waals surface area contributed by atoms with Gasteiger partial charge in [0, 0.05) is 37.1 Å². The summed E-state index contributed by atoms with van der Waals surface area (Å²) in [7, 11) is 5.32. The molecule has 0 spiro atoms. The lowest BCUT2D eigenvalue weighted by atomic mass is 9.97. The number of hydrogen-bond donors (Lipinski definition) is 0. The molecule has 1 unspecified atom stereocenters. The summed E-state index contributed by atoms with van der Waals surface area (Å²) in [6.45, 7) is 7.89. The summed E-state index contributed by atoms with van der Waals surface area (Å²) < 4.78 is 16.3. The second-order valence-electron chi connectivity index (χ2n) is 6.96. The molecule has 0 saturated heterocycles. The average Bonchev–Trinajstić information content (AvgIpc) is 2.66. The first-order valence-corrected chi connectivity index (χ1v) is 9.11. The van der Waals surface area contributed by atoms with Crippen LogP contribution in [0, 0.1) is 0 Å². The Morgan fingerprint density at radius 3 is 2.43 bits per heavy atom. The van der Waals surface area contributed by atoms with E-state index in [1.807, 2.05) is 6.07 Å². The van der Waals surface area contributed by atoms with Crippen molar-refractivity contribution in [3.8, 4) is 11.5 Å². The van der Waals surface area contributed by atoms with Gasteiger partial charge in [0.1, 0.15) is 5.58 Å². The molecule has 0 radical (unpaired) electrons. The number of methoxy groups -OCH3 is 2. The summed E-state index contributed by atoms with van der Waals surface area (Å²) >= 11 is 0. The fourth-order valence-electron chi connectivity index (χ4n) is 3.63. The third-order valence-corrected chi connectivity index (χ3v) is 5.46. The van der Waals surface area contributed by atoms with Gasteiger partial charge in [-0.2, -0.15) is 0 Å². The van der Waals surface area contributed by atoms with E-state index >= 15 is 0 Å². The second kappa shape index (κ2) is 10.3. The van der Waals surface area contributed by atoms with E-state index in [1.165, 1.54) is 0 Å². The number of ether oxygens (including phenoxy) is 2. The van der Waals surface area contributed by atoms with Crippen molar-refractivity contribution >= 4 is 35.8 Å². The average molecular weight is 433 g/mol. The summed E-state index contributed by atoms with van der Waals surface area (Å²) in [5, 5.41) is 0.940. The zero-order valence-corrected chi connectivity index (χ0v) is 18.7. The molecule has 2 heterocycles. The highest BCUT2D eigenvalue weighted by molar-refractivity contribution is 5.86. The minimum atomic E-state index is -0.249. The van der Waals surface area contributed by atoms with Gasteiger partial charge in [0.2, 0.25) is 0 Å². The highest BCUT2D eigenvalue weighted by atomic mass is 35.5. The van der Waals surface area contributed by atoms with Gasteiger partial charge in [-0.15, -0.1) is 24.8 Å². The van der Waals surface area contributed by atoms with E-state index in [0.717, 1.165) is 42.6 Å². The van der Waals surface area contributed by atoms with Crippen molar-refractivity contribution in [3.63, 3.8) is 0 Å². The molecule has 6 nitrogen and oxygen atoms in total. The summed E-state index contributed by atoms with van der Waals surface area (Å²) in [6.07, 6.45) is 0.829. The number of benzene rings is 1. The second-order valence-corrected chi connectivity index (χ2v) is 6.96. The number of rotatable bonds is 6. The van der Waals surface area contributed by atoms with Crippen LogP contribution in [0.2, 0.25) is 0 Å². The van der Waals surface area contributed by atoms with Crippen LogP contribution in [-0.2, 0) is 13.0 Å². The lowest BCUT2D eigenvalue weighted by molar-refractivity contribution is 0.165. The first-order chi connectivity index (χ1) is 12.5. The van der Waals surface area contributed by atoms with Crippen LogP contribution < -0.4 is 15.1 Å². The van der Waals surface area contributed by atoms with Crippen LogP contribution in [0.1, 0.15) is 25.0 Å². The third kappa shape index (κ3) is 4.74. The molecule has 0 N–H and O–H groups in total. The van der Waals surface area contributed by atoms with Crippen LogP contribution >= 0.6 is 24.8 Å². The van der Waals surface area contributed by atoms with Gasteiger partial charge in [-0.3, -0.25) is 4.90 Å². The van der Waals surface area contributed by atoms with Crippen LogP contribution in [0.4, 0.5) is 0 Å². The van der Waals surface area contributed by atoms with Gasteiger partial charge in [-0.25, -0.2) is 4.79 Å². The van der Waals surface area contributed by atoms with Crippen LogP contribution in [0.15, 0.2) is 21.3 Å². The molecule has 0 fully saturated rings. The molecule has 28 heavy (non-hydrogen) atoms. The Labute approximate surface area is 178 Å². The van der Waals surface area contributed by atoms with E-state index in [4.69, 9.17) is 13.9 Å². The Bertz CT molecular complexity index is 856. The van der Waals surface area contributed by atoms with Crippen molar-refractivity contribution in [1.29, 1.82) is 0 Å². The van der Waals surface area contributed by atoms with Gasteiger partial charge in [-0.1, -0.05) is 6.92 Å². The van der Waals surface area contributed by atoms with Gasteiger partial charge in [0.15, 0.2) is 11.5 Å². The summed E-state index contributed by atoms with van der Waals surface area (Å²) in [5.74, 6) is 1.22. The zero-order valence-electron chi connectivity index (χ0n) is 17.1. The summed E-state index contributed by atoms with van der Waals surface area (Å²) in [4.78, 5) is 17.2. The van der Waals surface area contributed by atoms with Crippen molar-refractivity contribution in [2.24, 2.45) is 0 Å². The molecule has 1 aromatic heterocycles. The first-order valence-electron chi connectivity index (χ1n) is 9.11. The number of fused-ring (bicyclic) bond motifs is 3. The Hall–Kier alpha value is -1.47. The standard InChI is InChI=1S/C20H28N2O4.2ClH/c1-6-21(3)13(2)11-22-8-7-14-15-9-18(24-4)19(25-5)10-17(15)26-20(23)16(14)12-22;;/h9-10,13H,6-8,11-12H2,1-5H3;2*1H. The van der Waals surface area contributed by atoms with Gasteiger partial charge < -0.3 is 18.8 Å². The maximum absolute atomic E-state index is 12.6. The molecule has 1 aromatic carbocycles. The largest absolute Gasteiger partial charge is 0.493 e. The molecule has 158 valence electrons. The number of nitrogens with zero attached hydrogens (tertiary/aromatic N) is 2. The highest BCUT2D eigenvalue weighted by Crippen LogP contribution is 2.35. The van der Waals surface area contributed by atoms with Crippen LogP contribution in [0.5, 0.6) is 11.5 Å². The van der Waals surface area contributed by atoms with E-state index in [-0.39, 0.29) is 30.4 Å². The van der Waals surface area contributed by atoms with Crippen molar-refractivity contribution in [2.75, 3.05) is 40.9 Å². The predicted molar refractivity (Wildman–Crippen MR) is 117 cm³/mol. The Kier molecular flexibility index (Phi) is 9.08. The Morgan fingerprint density at radius 2 is 1.82 bits per heavy atom. The molecule has 2 aromatic rings. The molecule has 0 bridgehead atoms. The van der Waals surface area contributed by atoms with Crippen molar-refractivity contribution in [2.45, 2.75) is 32.9 Å². The SMILES string of the molecule is CCN(C)C(C)CN1CCc2c(c(=O)oc3cc(OC)c(OC)cc23)C1.Cl.Cl. The van der Waals surface area contributed by atoms with Crippen molar-refractivity contribution < 1.29 is 13.9 Å². The summed E-state index contributed by atoms with van der Waals surface area (Å²) in [6, 6.07) is 4.10. The van der Waals surface area contributed by atoms with E-state index in [2.05, 4.69) is 30.7 Å². The van der Waals surface area contributed by atoms with Crippen molar-refractivity contribution in [3.05, 3.63) is 33.7 Å². The molecule has 0 aliphatic carbocycles. The van der Waals surface area contributed by atoms with E-state index in [9.17, 15) is 4.79 Å². The number of hydrogen-bond acceptors (Lipinski definition) is 6. The van der Waals surface area contributed by atoms with Crippen LogP contribution in [-0.4, -0.2) is 56.7 Å². The molecular weight excluding hydrogens is 403 g/mol. The topological polar surface area (TPSA) is 55.2 Å².